The molecule has 0 aliphatic carbocycles. The van der Waals surface area contributed by atoms with Gasteiger partial charge in [-0.1, -0.05) is 12.1 Å². The van der Waals surface area contributed by atoms with Crippen LogP contribution in [0.5, 0.6) is 5.75 Å². The van der Waals surface area contributed by atoms with Crippen LogP contribution in [0.1, 0.15) is 12.5 Å². The number of benzene rings is 1. The maximum absolute atomic E-state index is 8.92. The van der Waals surface area contributed by atoms with Crippen LogP contribution in [0.2, 0.25) is 0 Å². The molecule has 1 aromatic carbocycles. The standard InChI is InChI=1S/C10H16O5Si/c1-8(14-2)15-10-5-3-9(4-6-10)7-16(11,12)13/h3-6,8,11-13H,7H2,1-2H3. The van der Waals surface area contributed by atoms with E-state index in [-0.39, 0.29) is 12.3 Å². The van der Waals surface area contributed by atoms with Crippen molar-refractivity contribution in [3.63, 3.8) is 0 Å². The third-order valence-corrected chi connectivity index (χ3v) is 2.88. The molecule has 1 aromatic rings. The second kappa shape index (κ2) is 5.42. The van der Waals surface area contributed by atoms with Crippen molar-refractivity contribution in [3.05, 3.63) is 29.8 Å². The van der Waals surface area contributed by atoms with Gasteiger partial charge in [-0.25, -0.2) is 0 Å². The van der Waals surface area contributed by atoms with Gasteiger partial charge in [-0.15, -0.1) is 0 Å². The van der Waals surface area contributed by atoms with Crippen molar-refractivity contribution in [2.45, 2.75) is 19.3 Å². The molecule has 0 saturated carbocycles. The first-order valence-corrected chi connectivity index (χ1v) is 6.91. The molecule has 0 bridgehead atoms. The fourth-order valence-corrected chi connectivity index (χ4v) is 1.98. The van der Waals surface area contributed by atoms with Gasteiger partial charge in [0, 0.05) is 13.2 Å². The minimum absolute atomic E-state index is 0.118. The Balaban J connectivity index is 2.61. The molecule has 0 aromatic heterocycles. The lowest BCUT2D eigenvalue weighted by Gasteiger charge is -2.13. The van der Waals surface area contributed by atoms with Crippen molar-refractivity contribution in [2.75, 3.05) is 7.11 Å². The predicted octanol–water partition coefficient (Wildman–Crippen LogP) is 0.0553. The van der Waals surface area contributed by atoms with Gasteiger partial charge in [0.2, 0.25) is 0 Å². The summed E-state index contributed by atoms with van der Waals surface area (Å²) in [6.07, 6.45) is -0.340. The molecule has 0 radical (unpaired) electrons. The molecule has 0 saturated heterocycles. The van der Waals surface area contributed by atoms with E-state index in [2.05, 4.69) is 0 Å². The maximum Gasteiger partial charge on any atom is 0.497 e. The maximum atomic E-state index is 8.92. The number of ether oxygens (including phenoxy) is 2. The van der Waals surface area contributed by atoms with Crippen LogP contribution >= 0.6 is 0 Å². The predicted molar refractivity (Wildman–Crippen MR) is 59.7 cm³/mol. The Morgan fingerprint density at radius 1 is 1.19 bits per heavy atom. The molecule has 0 amide bonds. The van der Waals surface area contributed by atoms with Gasteiger partial charge in [-0.3, -0.25) is 0 Å². The van der Waals surface area contributed by atoms with Crippen molar-refractivity contribution in [2.24, 2.45) is 0 Å². The third-order valence-electron chi connectivity index (χ3n) is 2.00. The average molecular weight is 244 g/mol. The van der Waals surface area contributed by atoms with Crippen LogP contribution in [0.25, 0.3) is 0 Å². The molecule has 0 spiro atoms. The van der Waals surface area contributed by atoms with E-state index in [0.29, 0.717) is 11.3 Å². The van der Waals surface area contributed by atoms with E-state index < -0.39 is 8.80 Å². The molecule has 0 heterocycles. The van der Waals surface area contributed by atoms with Crippen LogP contribution in [0, 0.1) is 0 Å². The van der Waals surface area contributed by atoms with E-state index in [1.165, 1.54) is 0 Å². The number of rotatable bonds is 5. The van der Waals surface area contributed by atoms with Gasteiger partial charge >= 0.3 is 8.80 Å². The van der Waals surface area contributed by atoms with Gasteiger partial charge in [0.15, 0.2) is 6.29 Å². The summed E-state index contributed by atoms with van der Waals surface area (Å²) in [7, 11) is -2.48. The summed E-state index contributed by atoms with van der Waals surface area (Å²) >= 11 is 0. The van der Waals surface area contributed by atoms with Crippen LogP contribution in [-0.4, -0.2) is 36.6 Å². The van der Waals surface area contributed by atoms with E-state index >= 15 is 0 Å². The van der Waals surface area contributed by atoms with Gasteiger partial charge in [0.05, 0.1) is 0 Å². The monoisotopic (exact) mass is 244 g/mol. The summed E-state index contributed by atoms with van der Waals surface area (Å²) < 4.78 is 10.3. The lowest BCUT2D eigenvalue weighted by atomic mass is 10.2. The van der Waals surface area contributed by atoms with Gasteiger partial charge in [0.25, 0.3) is 0 Å². The lowest BCUT2D eigenvalue weighted by molar-refractivity contribution is -0.0382. The van der Waals surface area contributed by atoms with Crippen molar-refractivity contribution >= 4 is 8.80 Å². The Labute approximate surface area is 95.3 Å². The van der Waals surface area contributed by atoms with Gasteiger partial charge in [-0.2, -0.15) is 0 Å². The number of hydrogen-bond acceptors (Lipinski definition) is 5. The van der Waals surface area contributed by atoms with Crippen molar-refractivity contribution < 1.29 is 23.9 Å². The summed E-state index contributed by atoms with van der Waals surface area (Å²) in [5.41, 5.74) is 0.650. The van der Waals surface area contributed by atoms with Gasteiger partial charge in [-0.05, 0) is 24.6 Å². The minimum atomic E-state index is -4.02. The highest BCUT2D eigenvalue weighted by atomic mass is 28.4. The zero-order valence-electron chi connectivity index (χ0n) is 9.25. The zero-order valence-corrected chi connectivity index (χ0v) is 10.3. The third kappa shape index (κ3) is 4.73. The zero-order chi connectivity index (χ0) is 12.2. The number of hydrogen-bond donors (Lipinski definition) is 3. The Kier molecular flexibility index (Phi) is 4.45. The van der Waals surface area contributed by atoms with Crippen LogP contribution in [0.4, 0.5) is 0 Å². The van der Waals surface area contributed by atoms with Crippen LogP contribution in [-0.2, 0) is 10.8 Å². The smallest absolute Gasteiger partial charge is 0.465 e. The molecule has 16 heavy (non-hydrogen) atoms. The fourth-order valence-electron chi connectivity index (χ4n) is 1.20. The Morgan fingerprint density at radius 2 is 1.75 bits per heavy atom. The largest absolute Gasteiger partial charge is 0.497 e. The SMILES string of the molecule is COC(C)Oc1ccc(C[Si](O)(O)O)cc1. The van der Waals surface area contributed by atoms with Crippen molar-refractivity contribution in [1.82, 2.24) is 0 Å². The van der Waals surface area contributed by atoms with Crippen LogP contribution in [0.15, 0.2) is 24.3 Å². The summed E-state index contributed by atoms with van der Waals surface area (Å²) in [5, 5.41) is 0. The van der Waals surface area contributed by atoms with Crippen molar-refractivity contribution in [3.8, 4) is 5.75 Å². The van der Waals surface area contributed by atoms with E-state index in [1.54, 1.807) is 38.3 Å². The molecular formula is C10H16O5Si. The first kappa shape index (κ1) is 13.1. The van der Waals surface area contributed by atoms with Gasteiger partial charge in [0.1, 0.15) is 5.75 Å². The summed E-state index contributed by atoms with van der Waals surface area (Å²) in [6.45, 7) is 1.76. The highest BCUT2D eigenvalue weighted by Gasteiger charge is 2.26. The van der Waals surface area contributed by atoms with E-state index in [1.807, 2.05) is 0 Å². The minimum Gasteiger partial charge on any atom is -0.465 e. The quantitative estimate of drug-likeness (QED) is 0.504. The fraction of sp³-hybridized carbons (Fsp3) is 0.400. The second-order valence-corrected chi connectivity index (χ2v) is 5.42. The molecule has 0 fully saturated rings. The average Bonchev–Trinajstić information content (AvgIpc) is 2.18. The first-order valence-electron chi connectivity index (χ1n) is 4.86. The molecule has 1 unspecified atom stereocenters. The molecule has 1 atom stereocenters. The molecule has 1 rings (SSSR count). The molecule has 0 aliphatic rings. The van der Waals surface area contributed by atoms with Crippen molar-refractivity contribution in [1.29, 1.82) is 0 Å². The molecule has 6 heteroatoms. The molecular weight excluding hydrogens is 228 g/mol. The molecule has 0 aliphatic heterocycles. The van der Waals surface area contributed by atoms with E-state index in [4.69, 9.17) is 23.9 Å². The first-order chi connectivity index (χ1) is 7.40. The summed E-state index contributed by atoms with van der Waals surface area (Å²) in [6, 6.07) is 6.59. The van der Waals surface area contributed by atoms with Crippen LogP contribution < -0.4 is 4.74 Å². The topological polar surface area (TPSA) is 79.2 Å². The Morgan fingerprint density at radius 3 is 2.19 bits per heavy atom. The van der Waals surface area contributed by atoms with E-state index in [9.17, 15) is 0 Å². The van der Waals surface area contributed by atoms with Gasteiger partial charge < -0.3 is 23.9 Å². The molecule has 3 N–H and O–H groups in total. The lowest BCUT2D eigenvalue weighted by Crippen LogP contribution is -2.37. The molecule has 5 nitrogen and oxygen atoms in total. The van der Waals surface area contributed by atoms with E-state index in [0.717, 1.165) is 0 Å². The Bertz CT molecular complexity index is 319. The highest BCUT2D eigenvalue weighted by Crippen LogP contribution is 2.15. The number of methoxy groups -OCH3 is 1. The normalized spacial score (nSPS) is 13.6. The highest BCUT2D eigenvalue weighted by molar-refractivity contribution is 6.55. The summed E-state index contributed by atoms with van der Waals surface area (Å²) in [5.74, 6) is 0.624. The Hall–Kier alpha value is -0.923. The summed E-state index contributed by atoms with van der Waals surface area (Å²) in [4.78, 5) is 26.8. The second-order valence-electron chi connectivity index (χ2n) is 3.52. The van der Waals surface area contributed by atoms with Crippen LogP contribution in [0.3, 0.4) is 0 Å². The molecule has 90 valence electrons.